The largest absolute Gasteiger partial charge is 0.390 e. The van der Waals surface area contributed by atoms with Gasteiger partial charge in [0.1, 0.15) is 18.9 Å². The summed E-state index contributed by atoms with van der Waals surface area (Å²) in [5, 5.41) is 14.2. The van der Waals surface area contributed by atoms with Crippen LogP contribution in [0.1, 0.15) is 48.4 Å². The number of piperidine rings is 1. The summed E-state index contributed by atoms with van der Waals surface area (Å²) >= 11 is 0. The lowest BCUT2D eigenvalue weighted by Crippen LogP contribution is -2.34. The molecule has 4 heterocycles. The number of fused-ring (bicyclic) bond motifs is 1. The van der Waals surface area contributed by atoms with Crippen molar-refractivity contribution in [2.75, 3.05) is 45.7 Å². The summed E-state index contributed by atoms with van der Waals surface area (Å²) in [5.41, 5.74) is 3.75. The molecule has 0 radical (unpaired) electrons. The number of benzene rings is 2. The Morgan fingerprint density at radius 2 is 1.71 bits per heavy atom. The number of nitrogens with one attached hydrogen (secondary N) is 1. The van der Waals surface area contributed by atoms with E-state index >= 15 is 0 Å². The molecule has 0 saturated carbocycles. The highest BCUT2D eigenvalue weighted by molar-refractivity contribution is 5.83. The van der Waals surface area contributed by atoms with Gasteiger partial charge in [0.15, 0.2) is 22.8 Å². The van der Waals surface area contributed by atoms with Gasteiger partial charge in [0.05, 0.1) is 25.1 Å². The number of aromatic nitrogens is 4. The van der Waals surface area contributed by atoms with Gasteiger partial charge in [0.2, 0.25) is 0 Å². The van der Waals surface area contributed by atoms with Crippen molar-refractivity contribution in [2.45, 2.75) is 56.3 Å². The predicted molar refractivity (Wildman–Crippen MR) is 160 cm³/mol. The van der Waals surface area contributed by atoms with Gasteiger partial charge in [0.25, 0.3) is 0 Å². The van der Waals surface area contributed by atoms with Gasteiger partial charge in [-0.15, -0.1) is 0 Å². The first kappa shape index (κ1) is 28.7. The Kier molecular flexibility index (Phi) is 9.07. The lowest BCUT2D eigenvalue weighted by molar-refractivity contribution is -0.0523. The average molecular weight is 573 g/mol. The predicted octanol–water partition coefficient (Wildman–Crippen LogP) is 3.98. The van der Waals surface area contributed by atoms with Gasteiger partial charge >= 0.3 is 0 Å². The van der Waals surface area contributed by atoms with Crippen LogP contribution < -0.4 is 5.32 Å². The number of aliphatic hydroxyl groups is 1. The Balaban J connectivity index is 1.30. The highest BCUT2D eigenvalue weighted by Crippen LogP contribution is 2.33. The summed E-state index contributed by atoms with van der Waals surface area (Å²) in [6.45, 7) is 3.30. The number of rotatable bonds is 11. The first-order valence-corrected chi connectivity index (χ1v) is 14.8. The summed E-state index contributed by atoms with van der Waals surface area (Å²) in [5.74, 6) is 1.36. The van der Waals surface area contributed by atoms with Crippen molar-refractivity contribution < 1.29 is 19.3 Å². The zero-order valence-corrected chi connectivity index (χ0v) is 24.3. The minimum absolute atomic E-state index is 0.113. The average Bonchev–Trinajstić information content (AvgIpc) is 3.61. The standard InChI is InChI=1S/C32H40N6O4/c1-37-15-13-24(14-16-37)41-20-28-35-31(33-18-25(22-9-5-3-6-10-22)23-11-7-4-8-12-23)30-32(36-28)38(21-34-30)29-17-26(39)27(42-29)19-40-2/h3-12,21,24-27,29,39H,13-20H2,1-2H3,(H,33,35,36)/t26-,27+,29+/m0/s1. The third-order valence-electron chi connectivity index (χ3n) is 8.30. The van der Waals surface area contributed by atoms with Crippen LogP contribution in [0.2, 0.25) is 0 Å². The molecule has 10 heteroatoms. The van der Waals surface area contributed by atoms with Crippen LogP contribution in [0.15, 0.2) is 67.0 Å². The van der Waals surface area contributed by atoms with Gasteiger partial charge in [-0.2, -0.15) is 0 Å². The van der Waals surface area contributed by atoms with Crippen molar-refractivity contribution in [3.8, 4) is 0 Å². The van der Waals surface area contributed by atoms with Crippen molar-refractivity contribution in [3.05, 3.63) is 83.9 Å². The van der Waals surface area contributed by atoms with Gasteiger partial charge < -0.3 is 29.5 Å². The first-order chi connectivity index (χ1) is 20.6. The minimum atomic E-state index is -0.628. The SMILES string of the molecule is COC[C@H]1O[C@@H](n2cnc3c(NCC(c4ccccc4)c4ccccc4)nc(COC4CCN(C)CC4)nc32)C[C@@H]1O. The van der Waals surface area contributed by atoms with E-state index in [1.807, 2.05) is 16.7 Å². The molecular weight excluding hydrogens is 532 g/mol. The van der Waals surface area contributed by atoms with E-state index in [1.54, 1.807) is 13.4 Å². The molecule has 2 aromatic carbocycles. The highest BCUT2D eigenvalue weighted by Gasteiger charge is 2.36. The summed E-state index contributed by atoms with van der Waals surface area (Å²) in [7, 11) is 3.75. The molecule has 2 N–H and O–H groups in total. The third-order valence-corrected chi connectivity index (χ3v) is 8.30. The summed E-state index contributed by atoms with van der Waals surface area (Å²) in [6.07, 6.45) is 2.89. The molecule has 2 saturated heterocycles. The normalized spacial score (nSPS) is 21.9. The fourth-order valence-electron chi connectivity index (χ4n) is 5.90. The molecular formula is C32H40N6O4. The van der Waals surface area contributed by atoms with Crippen molar-refractivity contribution in [1.82, 2.24) is 24.4 Å². The van der Waals surface area contributed by atoms with Gasteiger partial charge in [0, 0.05) is 39.1 Å². The van der Waals surface area contributed by atoms with E-state index in [9.17, 15) is 5.11 Å². The van der Waals surface area contributed by atoms with E-state index in [-0.39, 0.29) is 12.0 Å². The second-order valence-electron chi connectivity index (χ2n) is 11.3. The molecule has 2 fully saturated rings. The summed E-state index contributed by atoms with van der Waals surface area (Å²) in [6, 6.07) is 21.0. The molecule has 0 bridgehead atoms. The van der Waals surface area contributed by atoms with E-state index in [4.69, 9.17) is 29.2 Å². The van der Waals surface area contributed by atoms with Gasteiger partial charge in [-0.25, -0.2) is 15.0 Å². The van der Waals surface area contributed by atoms with E-state index < -0.39 is 18.4 Å². The summed E-state index contributed by atoms with van der Waals surface area (Å²) < 4.78 is 19.6. The maximum Gasteiger partial charge on any atom is 0.168 e. The number of likely N-dealkylation sites (tertiary alicyclic amines) is 1. The molecule has 3 atom stereocenters. The van der Waals surface area contributed by atoms with Crippen LogP contribution >= 0.6 is 0 Å². The molecule has 222 valence electrons. The molecule has 0 amide bonds. The molecule has 4 aromatic rings. The quantitative estimate of drug-likeness (QED) is 0.276. The molecule has 2 aliphatic rings. The number of nitrogens with zero attached hydrogens (tertiary/aromatic N) is 5. The van der Waals surface area contributed by atoms with Crippen LogP contribution in [0.3, 0.4) is 0 Å². The van der Waals surface area contributed by atoms with Crippen molar-refractivity contribution in [3.63, 3.8) is 0 Å². The molecule has 42 heavy (non-hydrogen) atoms. The van der Waals surface area contributed by atoms with E-state index in [0.717, 1.165) is 25.9 Å². The molecule has 2 aliphatic heterocycles. The Labute approximate surface area is 246 Å². The topological polar surface area (TPSA) is 107 Å². The number of ether oxygens (including phenoxy) is 3. The number of aliphatic hydroxyl groups excluding tert-OH is 1. The fourth-order valence-corrected chi connectivity index (χ4v) is 5.90. The maximum atomic E-state index is 10.6. The van der Waals surface area contributed by atoms with Gasteiger partial charge in [-0.3, -0.25) is 4.57 Å². The fraction of sp³-hybridized carbons (Fsp3) is 0.469. The molecule has 0 spiro atoms. The smallest absolute Gasteiger partial charge is 0.168 e. The van der Waals surface area contributed by atoms with Crippen LogP contribution in [0.4, 0.5) is 5.82 Å². The van der Waals surface area contributed by atoms with Crippen molar-refractivity contribution in [2.24, 2.45) is 0 Å². The number of anilines is 1. The number of hydrogen-bond donors (Lipinski definition) is 2. The lowest BCUT2D eigenvalue weighted by atomic mass is 9.91. The van der Waals surface area contributed by atoms with E-state index in [0.29, 0.717) is 49.0 Å². The third kappa shape index (κ3) is 6.48. The van der Waals surface area contributed by atoms with E-state index in [1.165, 1.54) is 11.1 Å². The Bertz CT molecular complexity index is 1390. The zero-order chi connectivity index (χ0) is 28.9. The number of imidazole rings is 1. The number of hydrogen-bond acceptors (Lipinski definition) is 9. The number of methoxy groups -OCH3 is 1. The van der Waals surface area contributed by atoms with Crippen LogP contribution in [-0.2, 0) is 20.8 Å². The van der Waals surface area contributed by atoms with Crippen LogP contribution in [0, 0.1) is 0 Å². The van der Waals surface area contributed by atoms with Crippen LogP contribution in [0.5, 0.6) is 0 Å². The summed E-state index contributed by atoms with van der Waals surface area (Å²) in [4.78, 5) is 16.9. The Hall–Kier alpha value is -3.41. The maximum absolute atomic E-state index is 10.6. The van der Waals surface area contributed by atoms with E-state index in [2.05, 4.69) is 65.8 Å². The Morgan fingerprint density at radius 3 is 2.38 bits per heavy atom. The van der Waals surface area contributed by atoms with Crippen molar-refractivity contribution in [1.29, 1.82) is 0 Å². The van der Waals surface area contributed by atoms with Crippen LogP contribution in [-0.4, -0.2) is 88.2 Å². The molecule has 6 rings (SSSR count). The molecule has 0 unspecified atom stereocenters. The monoisotopic (exact) mass is 572 g/mol. The van der Waals surface area contributed by atoms with Crippen LogP contribution in [0.25, 0.3) is 11.2 Å². The zero-order valence-electron chi connectivity index (χ0n) is 24.3. The van der Waals surface area contributed by atoms with Gasteiger partial charge in [-0.05, 0) is 31.0 Å². The second kappa shape index (κ2) is 13.3. The molecule has 2 aromatic heterocycles. The molecule has 10 nitrogen and oxygen atoms in total. The minimum Gasteiger partial charge on any atom is -0.390 e. The molecule has 0 aliphatic carbocycles. The first-order valence-electron chi connectivity index (χ1n) is 14.8. The highest BCUT2D eigenvalue weighted by atomic mass is 16.6. The lowest BCUT2D eigenvalue weighted by Gasteiger charge is -2.28. The Morgan fingerprint density at radius 1 is 1.02 bits per heavy atom. The second-order valence-corrected chi connectivity index (χ2v) is 11.3. The van der Waals surface area contributed by atoms with Crippen molar-refractivity contribution >= 4 is 17.0 Å². The van der Waals surface area contributed by atoms with Gasteiger partial charge in [-0.1, -0.05) is 60.7 Å².